The van der Waals surface area contributed by atoms with Gasteiger partial charge in [-0.05, 0) is 38.8 Å². The third kappa shape index (κ3) is 5.49. The minimum absolute atomic E-state index is 0.0431. The van der Waals surface area contributed by atoms with Crippen LogP contribution in [0.5, 0.6) is 0 Å². The summed E-state index contributed by atoms with van der Waals surface area (Å²) in [5.74, 6) is -0.124. The van der Waals surface area contributed by atoms with Gasteiger partial charge in [0.25, 0.3) is 0 Å². The van der Waals surface area contributed by atoms with Crippen molar-refractivity contribution in [2.24, 2.45) is 7.05 Å². The molecule has 1 aromatic rings. The smallest absolute Gasteiger partial charge is 0.315 e. The maximum atomic E-state index is 11.8. The molecule has 118 valence electrons. The molecule has 0 aliphatic rings. The largest absolute Gasteiger partial charge is 0.354 e. The summed E-state index contributed by atoms with van der Waals surface area (Å²) in [6.07, 6.45) is 3.76. The van der Waals surface area contributed by atoms with Crippen LogP contribution in [-0.2, 0) is 18.3 Å². The van der Waals surface area contributed by atoms with Gasteiger partial charge in [0.2, 0.25) is 5.91 Å². The van der Waals surface area contributed by atoms with Crippen LogP contribution in [0.1, 0.15) is 26.0 Å². The summed E-state index contributed by atoms with van der Waals surface area (Å²) in [5.41, 5.74) is 1.24. The second kappa shape index (κ2) is 7.71. The summed E-state index contributed by atoms with van der Waals surface area (Å²) < 4.78 is 2.07. The van der Waals surface area contributed by atoms with Crippen LogP contribution in [0.25, 0.3) is 0 Å². The fourth-order valence-electron chi connectivity index (χ4n) is 2.10. The lowest BCUT2D eigenvalue weighted by Gasteiger charge is -2.20. The van der Waals surface area contributed by atoms with E-state index in [0.29, 0.717) is 0 Å². The van der Waals surface area contributed by atoms with E-state index in [4.69, 9.17) is 0 Å². The zero-order valence-electron chi connectivity index (χ0n) is 13.5. The molecule has 6 heteroatoms. The van der Waals surface area contributed by atoms with Gasteiger partial charge in [-0.15, -0.1) is 0 Å². The minimum atomic E-state index is -0.528. The molecule has 0 aromatic carbocycles. The Bertz CT molecular complexity index is 482. The zero-order chi connectivity index (χ0) is 16.0. The Kier molecular flexibility index (Phi) is 6.27. The molecule has 3 amide bonds. The summed E-state index contributed by atoms with van der Waals surface area (Å²) in [7, 11) is 5.34. The first-order chi connectivity index (χ1) is 9.81. The van der Waals surface area contributed by atoms with Gasteiger partial charge >= 0.3 is 6.03 Å². The summed E-state index contributed by atoms with van der Waals surface area (Å²) in [5, 5.41) is 5.51. The number of hydrogen-bond donors (Lipinski definition) is 2. The van der Waals surface area contributed by atoms with E-state index in [-0.39, 0.29) is 18.0 Å². The van der Waals surface area contributed by atoms with Crippen LogP contribution in [0.4, 0.5) is 4.79 Å². The molecule has 21 heavy (non-hydrogen) atoms. The molecule has 1 aromatic heterocycles. The number of likely N-dealkylation sites (N-methyl/N-ethyl adjacent to an activating group) is 1. The van der Waals surface area contributed by atoms with Crippen LogP contribution in [0.2, 0.25) is 0 Å². The number of aryl methyl sites for hydroxylation is 2. The summed E-state index contributed by atoms with van der Waals surface area (Å²) >= 11 is 0. The standard InChI is InChI=1S/C15H26N4O2/c1-11(8-9-13-7-6-10-19(13)5)16-15(21)17-12(2)14(20)18(3)4/h6-7,10-12H,8-9H2,1-5H3,(H2,16,17,21). The normalized spacial score (nSPS) is 13.4. The second-order valence-corrected chi connectivity index (χ2v) is 5.62. The van der Waals surface area contributed by atoms with Crippen LogP contribution in [-0.4, -0.2) is 47.6 Å². The molecule has 0 bridgehead atoms. The monoisotopic (exact) mass is 294 g/mol. The minimum Gasteiger partial charge on any atom is -0.354 e. The lowest BCUT2D eigenvalue weighted by Crippen LogP contribution is -2.49. The van der Waals surface area contributed by atoms with Crippen LogP contribution < -0.4 is 10.6 Å². The lowest BCUT2D eigenvalue weighted by atomic mass is 10.1. The molecular formula is C15H26N4O2. The highest BCUT2D eigenvalue weighted by Gasteiger charge is 2.17. The number of carbonyl (C=O) groups excluding carboxylic acids is 2. The maximum Gasteiger partial charge on any atom is 0.315 e. The van der Waals surface area contributed by atoms with Crippen LogP contribution in [0.3, 0.4) is 0 Å². The van der Waals surface area contributed by atoms with Gasteiger partial charge in [-0.3, -0.25) is 4.79 Å². The molecule has 0 saturated heterocycles. The first kappa shape index (κ1) is 17.1. The SMILES string of the molecule is CC(CCc1cccn1C)NC(=O)NC(C)C(=O)N(C)C. The third-order valence-corrected chi connectivity index (χ3v) is 3.42. The van der Waals surface area contributed by atoms with Crippen molar-refractivity contribution in [3.05, 3.63) is 24.0 Å². The first-order valence-electron chi connectivity index (χ1n) is 7.19. The van der Waals surface area contributed by atoms with Crippen LogP contribution in [0, 0.1) is 0 Å². The molecule has 0 saturated carbocycles. The van der Waals surface area contributed by atoms with Crippen molar-refractivity contribution in [1.29, 1.82) is 0 Å². The highest BCUT2D eigenvalue weighted by Crippen LogP contribution is 2.05. The van der Waals surface area contributed by atoms with Crippen molar-refractivity contribution in [2.45, 2.75) is 38.8 Å². The Morgan fingerprint density at radius 3 is 2.48 bits per heavy atom. The zero-order valence-corrected chi connectivity index (χ0v) is 13.5. The number of hydrogen-bond acceptors (Lipinski definition) is 2. The van der Waals surface area contributed by atoms with E-state index in [9.17, 15) is 9.59 Å². The number of nitrogens with one attached hydrogen (secondary N) is 2. The van der Waals surface area contributed by atoms with Crippen molar-refractivity contribution in [3.8, 4) is 0 Å². The lowest BCUT2D eigenvalue weighted by molar-refractivity contribution is -0.130. The number of carbonyl (C=O) groups is 2. The predicted octanol–water partition coefficient (Wildman–Crippen LogP) is 1.12. The Morgan fingerprint density at radius 2 is 1.95 bits per heavy atom. The van der Waals surface area contributed by atoms with Crippen LogP contribution >= 0.6 is 0 Å². The molecule has 6 nitrogen and oxygen atoms in total. The molecular weight excluding hydrogens is 268 g/mol. The quantitative estimate of drug-likeness (QED) is 0.826. The van der Waals surface area contributed by atoms with Gasteiger partial charge in [0.05, 0.1) is 0 Å². The van der Waals surface area contributed by atoms with E-state index in [1.54, 1.807) is 21.0 Å². The molecule has 1 heterocycles. The van der Waals surface area contributed by atoms with Gasteiger partial charge in [0.15, 0.2) is 0 Å². The van der Waals surface area contributed by atoms with E-state index in [2.05, 4.69) is 21.3 Å². The molecule has 1 rings (SSSR count). The van der Waals surface area contributed by atoms with Crippen molar-refractivity contribution in [2.75, 3.05) is 14.1 Å². The molecule has 0 fully saturated rings. The van der Waals surface area contributed by atoms with Gasteiger partial charge in [0, 0.05) is 39.1 Å². The van der Waals surface area contributed by atoms with E-state index in [1.165, 1.54) is 10.6 Å². The molecule has 0 aliphatic carbocycles. The fraction of sp³-hybridized carbons (Fsp3) is 0.600. The highest BCUT2D eigenvalue weighted by molar-refractivity contribution is 5.86. The Morgan fingerprint density at radius 1 is 1.29 bits per heavy atom. The van der Waals surface area contributed by atoms with E-state index < -0.39 is 6.04 Å². The Labute approximate surface area is 126 Å². The molecule has 2 N–H and O–H groups in total. The molecule has 0 spiro atoms. The average Bonchev–Trinajstić information content (AvgIpc) is 2.80. The Hall–Kier alpha value is -1.98. The van der Waals surface area contributed by atoms with E-state index in [0.717, 1.165) is 12.8 Å². The summed E-state index contributed by atoms with van der Waals surface area (Å²) in [4.78, 5) is 24.9. The van der Waals surface area contributed by atoms with Crippen molar-refractivity contribution in [1.82, 2.24) is 20.1 Å². The fourth-order valence-corrected chi connectivity index (χ4v) is 2.10. The second-order valence-electron chi connectivity index (χ2n) is 5.62. The molecule has 2 unspecified atom stereocenters. The Balaban J connectivity index is 2.34. The molecule has 0 radical (unpaired) electrons. The van der Waals surface area contributed by atoms with Crippen molar-refractivity contribution < 1.29 is 9.59 Å². The highest BCUT2D eigenvalue weighted by atomic mass is 16.2. The molecule has 2 atom stereocenters. The van der Waals surface area contributed by atoms with E-state index >= 15 is 0 Å². The van der Waals surface area contributed by atoms with Gasteiger partial charge in [-0.25, -0.2) is 4.79 Å². The number of amides is 3. The number of urea groups is 1. The first-order valence-corrected chi connectivity index (χ1v) is 7.19. The summed E-state index contributed by atoms with van der Waals surface area (Å²) in [6.45, 7) is 3.64. The van der Waals surface area contributed by atoms with Gasteiger partial charge in [0.1, 0.15) is 6.04 Å². The van der Waals surface area contributed by atoms with Gasteiger partial charge in [-0.1, -0.05) is 0 Å². The molecule has 0 aliphatic heterocycles. The summed E-state index contributed by atoms with van der Waals surface area (Å²) in [6, 6.07) is 3.29. The van der Waals surface area contributed by atoms with Gasteiger partial charge in [-0.2, -0.15) is 0 Å². The number of nitrogens with zero attached hydrogens (tertiary/aromatic N) is 2. The van der Waals surface area contributed by atoms with Crippen molar-refractivity contribution >= 4 is 11.9 Å². The topological polar surface area (TPSA) is 66.4 Å². The van der Waals surface area contributed by atoms with Crippen molar-refractivity contribution in [3.63, 3.8) is 0 Å². The number of aromatic nitrogens is 1. The number of rotatable bonds is 6. The average molecular weight is 294 g/mol. The van der Waals surface area contributed by atoms with Gasteiger partial charge < -0.3 is 20.1 Å². The third-order valence-electron chi connectivity index (χ3n) is 3.42. The van der Waals surface area contributed by atoms with Crippen LogP contribution in [0.15, 0.2) is 18.3 Å². The predicted molar refractivity (Wildman–Crippen MR) is 83.0 cm³/mol. The maximum absolute atomic E-state index is 11.8. The van der Waals surface area contributed by atoms with E-state index in [1.807, 2.05) is 26.2 Å².